The Bertz CT molecular complexity index is 970. The molecular weight excluding hydrogens is 383 g/mol. The molecule has 2 heterocycles. The van der Waals surface area contributed by atoms with Gasteiger partial charge in [-0.3, -0.25) is 4.90 Å². The third-order valence-electron chi connectivity index (χ3n) is 5.09. The first kappa shape index (κ1) is 19.4. The molecule has 1 aliphatic rings. The smallest absolute Gasteiger partial charge is 0.416 e. The van der Waals surface area contributed by atoms with Crippen LogP contribution in [0.3, 0.4) is 0 Å². The Labute approximate surface area is 166 Å². The number of alkyl halides is 3. The van der Waals surface area contributed by atoms with E-state index in [2.05, 4.69) is 15.1 Å². The van der Waals surface area contributed by atoms with E-state index in [-0.39, 0.29) is 5.92 Å². The summed E-state index contributed by atoms with van der Waals surface area (Å²) in [6.45, 7) is 2.12. The summed E-state index contributed by atoms with van der Waals surface area (Å²) in [6, 6.07) is 12.8. The molecule has 1 unspecified atom stereocenters. The van der Waals surface area contributed by atoms with Gasteiger partial charge in [-0.25, -0.2) is 0 Å². The predicted molar refractivity (Wildman–Crippen MR) is 100 cm³/mol. The number of hydrogen-bond donors (Lipinski definition) is 0. The van der Waals surface area contributed by atoms with Crippen LogP contribution in [0.25, 0.3) is 11.5 Å². The van der Waals surface area contributed by atoms with Crippen LogP contribution in [-0.2, 0) is 12.7 Å². The Morgan fingerprint density at radius 3 is 2.59 bits per heavy atom. The van der Waals surface area contributed by atoms with Gasteiger partial charge in [-0.2, -0.15) is 13.2 Å². The summed E-state index contributed by atoms with van der Waals surface area (Å²) in [6.07, 6.45) is -3.46. The molecule has 1 fully saturated rings. The number of ether oxygens (including phenoxy) is 1. The second-order valence-electron chi connectivity index (χ2n) is 7.06. The second-order valence-corrected chi connectivity index (χ2v) is 7.06. The highest BCUT2D eigenvalue weighted by molar-refractivity contribution is 5.62. The van der Waals surface area contributed by atoms with Crippen molar-refractivity contribution in [1.29, 1.82) is 0 Å². The molecule has 0 saturated carbocycles. The molecule has 29 heavy (non-hydrogen) atoms. The number of aromatic nitrogens is 2. The largest absolute Gasteiger partial charge is 0.496 e. The molecule has 0 amide bonds. The van der Waals surface area contributed by atoms with Gasteiger partial charge in [0.2, 0.25) is 5.89 Å². The van der Waals surface area contributed by atoms with E-state index in [1.807, 2.05) is 24.3 Å². The van der Waals surface area contributed by atoms with Crippen molar-refractivity contribution in [1.82, 2.24) is 15.1 Å². The van der Waals surface area contributed by atoms with Gasteiger partial charge in [-0.15, -0.1) is 10.2 Å². The lowest BCUT2D eigenvalue weighted by Crippen LogP contribution is -2.20. The number of rotatable bonds is 5. The normalized spacial score (nSPS) is 17.6. The monoisotopic (exact) mass is 403 g/mol. The molecule has 152 valence electrons. The van der Waals surface area contributed by atoms with E-state index < -0.39 is 11.7 Å². The minimum absolute atomic E-state index is 0.0976. The van der Waals surface area contributed by atoms with Crippen LogP contribution in [0, 0.1) is 0 Å². The van der Waals surface area contributed by atoms with E-state index in [0.717, 1.165) is 36.2 Å². The zero-order valence-corrected chi connectivity index (χ0v) is 15.8. The average Bonchev–Trinajstić information content (AvgIpc) is 3.37. The SMILES string of the molecule is COc1ccccc1-c1nnc(C2CCN(Cc3ccc(C(F)(F)F)cc3)C2)o1. The van der Waals surface area contributed by atoms with Crippen LogP contribution in [0.1, 0.15) is 29.4 Å². The van der Waals surface area contributed by atoms with E-state index >= 15 is 0 Å². The Hall–Kier alpha value is -2.87. The maximum absolute atomic E-state index is 12.7. The van der Waals surface area contributed by atoms with Crippen LogP contribution in [-0.4, -0.2) is 35.3 Å². The molecule has 5 nitrogen and oxygen atoms in total. The van der Waals surface area contributed by atoms with E-state index in [1.54, 1.807) is 7.11 Å². The molecule has 2 aromatic carbocycles. The fraction of sp³-hybridized carbons (Fsp3) is 0.333. The van der Waals surface area contributed by atoms with Gasteiger partial charge in [0.1, 0.15) is 5.75 Å². The lowest BCUT2D eigenvalue weighted by Gasteiger charge is -2.16. The van der Waals surface area contributed by atoms with Crippen molar-refractivity contribution in [2.75, 3.05) is 20.2 Å². The Morgan fingerprint density at radius 1 is 1.10 bits per heavy atom. The summed E-state index contributed by atoms with van der Waals surface area (Å²) >= 11 is 0. The second kappa shape index (κ2) is 7.87. The average molecular weight is 403 g/mol. The first-order valence-electron chi connectivity index (χ1n) is 9.29. The van der Waals surface area contributed by atoms with E-state index in [0.29, 0.717) is 30.6 Å². The van der Waals surface area contributed by atoms with Gasteiger partial charge < -0.3 is 9.15 Å². The van der Waals surface area contributed by atoms with Crippen molar-refractivity contribution in [2.45, 2.75) is 25.1 Å². The van der Waals surface area contributed by atoms with Gasteiger partial charge in [0.15, 0.2) is 0 Å². The lowest BCUT2D eigenvalue weighted by molar-refractivity contribution is -0.137. The highest BCUT2D eigenvalue weighted by Crippen LogP contribution is 2.33. The van der Waals surface area contributed by atoms with Gasteiger partial charge in [0.25, 0.3) is 5.89 Å². The summed E-state index contributed by atoms with van der Waals surface area (Å²) in [7, 11) is 1.59. The zero-order chi connectivity index (χ0) is 20.4. The molecule has 0 bridgehead atoms. The first-order chi connectivity index (χ1) is 13.9. The third-order valence-corrected chi connectivity index (χ3v) is 5.09. The number of halogens is 3. The number of likely N-dealkylation sites (tertiary alicyclic amines) is 1. The van der Waals surface area contributed by atoms with Crippen LogP contribution in [0.5, 0.6) is 5.75 Å². The van der Waals surface area contributed by atoms with Crippen LogP contribution < -0.4 is 4.74 Å². The predicted octanol–water partition coefficient (Wildman–Crippen LogP) is 4.75. The highest BCUT2D eigenvalue weighted by Gasteiger charge is 2.31. The standard InChI is InChI=1S/C21H20F3N3O2/c1-28-18-5-3-2-4-17(18)20-26-25-19(29-20)15-10-11-27(13-15)12-14-6-8-16(9-7-14)21(22,23)24/h2-9,15H,10-13H2,1H3. The van der Waals surface area contributed by atoms with Crippen molar-refractivity contribution >= 4 is 0 Å². The van der Waals surface area contributed by atoms with Crippen molar-refractivity contribution in [3.63, 3.8) is 0 Å². The molecule has 0 N–H and O–H groups in total. The number of hydrogen-bond acceptors (Lipinski definition) is 5. The molecule has 1 atom stereocenters. The molecule has 1 aliphatic heterocycles. The molecule has 0 spiro atoms. The molecule has 1 saturated heterocycles. The number of nitrogens with zero attached hydrogens (tertiary/aromatic N) is 3. The summed E-state index contributed by atoms with van der Waals surface area (Å²) in [4.78, 5) is 2.18. The Kier molecular flexibility index (Phi) is 5.27. The van der Waals surface area contributed by atoms with E-state index in [4.69, 9.17) is 9.15 Å². The van der Waals surface area contributed by atoms with Gasteiger partial charge in [0, 0.05) is 13.1 Å². The minimum atomic E-state index is -4.31. The maximum atomic E-state index is 12.7. The topological polar surface area (TPSA) is 51.4 Å². The van der Waals surface area contributed by atoms with Crippen molar-refractivity contribution < 1.29 is 22.3 Å². The minimum Gasteiger partial charge on any atom is -0.496 e. The van der Waals surface area contributed by atoms with E-state index in [9.17, 15) is 13.2 Å². The van der Waals surface area contributed by atoms with Crippen LogP contribution in [0.15, 0.2) is 52.9 Å². The van der Waals surface area contributed by atoms with Crippen LogP contribution in [0.4, 0.5) is 13.2 Å². The van der Waals surface area contributed by atoms with Gasteiger partial charge in [-0.05, 0) is 42.8 Å². The Balaban J connectivity index is 1.41. The van der Waals surface area contributed by atoms with Crippen LogP contribution >= 0.6 is 0 Å². The van der Waals surface area contributed by atoms with Gasteiger partial charge in [0.05, 0.1) is 24.2 Å². The number of methoxy groups -OCH3 is 1. The van der Waals surface area contributed by atoms with Crippen molar-refractivity contribution in [3.05, 3.63) is 65.5 Å². The summed E-state index contributed by atoms with van der Waals surface area (Å²) < 4.78 is 49.3. The fourth-order valence-corrected chi connectivity index (χ4v) is 3.56. The fourth-order valence-electron chi connectivity index (χ4n) is 3.56. The van der Waals surface area contributed by atoms with Gasteiger partial charge >= 0.3 is 6.18 Å². The molecule has 1 aromatic heterocycles. The molecular formula is C21H20F3N3O2. The zero-order valence-electron chi connectivity index (χ0n) is 15.8. The quantitative estimate of drug-likeness (QED) is 0.615. The highest BCUT2D eigenvalue weighted by atomic mass is 19.4. The van der Waals surface area contributed by atoms with Gasteiger partial charge in [-0.1, -0.05) is 24.3 Å². The molecule has 3 aromatic rings. The summed E-state index contributed by atoms with van der Waals surface area (Å²) in [5.41, 5.74) is 0.961. The first-order valence-corrected chi connectivity index (χ1v) is 9.29. The molecule has 0 radical (unpaired) electrons. The van der Waals surface area contributed by atoms with Crippen molar-refractivity contribution in [2.24, 2.45) is 0 Å². The number of para-hydroxylation sites is 1. The third kappa shape index (κ3) is 4.27. The molecule has 0 aliphatic carbocycles. The summed E-state index contributed by atoms with van der Waals surface area (Å²) in [5, 5.41) is 8.37. The van der Waals surface area contributed by atoms with Crippen molar-refractivity contribution in [3.8, 4) is 17.2 Å². The number of benzene rings is 2. The Morgan fingerprint density at radius 2 is 1.86 bits per heavy atom. The molecule has 4 rings (SSSR count). The summed E-state index contributed by atoms with van der Waals surface area (Å²) in [5.74, 6) is 1.75. The van der Waals surface area contributed by atoms with E-state index in [1.165, 1.54) is 12.1 Å². The molecule has 8 heteroatoms. The lowest BCUT2D eigenvalue weighted by atomic mass is 10.1. The van der Waals surface area contributed by atoms with Crippen LogP contribution in [0.2, 0.25) is 0 Å². The maximum Gasteiger partial charge on any atom is 0.416 e.